The molecule has 1 fully saturated rings. The quantitative estimate of drug-likeness (QED) is 0.673. The average Bonchev–Trinajstić information content (AvgIpc) is 2.96. The minimum Gasteiger partial charge on any atom is -0.343 e. The molecule has 1 aliphatic heterocycles. The number of para-hydroxylation sites is 1. The number of nitrogens with zero attached hydrogens (tertiary/aromatic N) is 2. The molecule has 124 valence electrons. The summed E-state index contributed by atoms with van der Waals surface area (Å²) in [6.07, 6.45) is 4.98. The molecule has 1 aromatic heterocycles. The van der Waals surface area contributed by atoms with E-state index in [0.717, 1.165) is 6.54 Å². The standard InChI is InChI=1S/C22H26N2/c1-17-7-6-10-20-21(19-11-13-23(2)14-12-19)16-24(22(17)20)15-18-8-4-3-5-9-18/h3-10,16,19H,11-15H2,1-2H3. The van der Waals surface area contributed by atoms with Gasteiger partial charge in [-0.15, -0.1) is 0 Å². The summed E-state index contributed by atoms with van der Waals surface area (Å²) in [4.78, 5) is 2.45. The van der Waals surface area contributed by atoms with E-state index in [9.17, 15) is 0 Å². The van der Waals surface area contributed by atoms with Gasteiger partial charge in [-0.3, -0.25) is 0 Å². The lowest BCUT2D eigenvalue weighted by Gasteiger charge is -2.28. The van der Waals surface area contributed by atoms with Gasteiger partial charge in [0.25, 0.3) is 0 Å². The van der Waals surface area contributed by atoms with E-state index in [0.29, 0.717) is 5.92 Å². The van der Waals surface area contributed by atoms with E-state index in [1.807, 2.05) is 0 Å². The fourth-order valence-corrected chi connectivity index (χ4v) is 4.12. The molecular weight excluding hydrogens is 292 g/mol. The summed E-state index contributed by atoms with van der Waals surface area (Å²) >= 11 is 0. The molecule has 2 heterocycles. The normalized spacial score (nSPS) is 16.8. The second kappa shape index (κ2) is 6.45. The summed E-state index contributed by atoms with van der Waals surface area (Å²) in [5.74, 6) is 0.697. The number of fused-ring (bicyclic) bond motifs is 1. The molecule has 0 N–H and O–H groups in total. The molecule has 0 bridgehead atoms. The molecule has 0 aliphatic carbocycles. The van der Waals surface area contributed by atoms with Crippen molar-refractivity contribution in [2.24, 2.45) is 0 Å². The highest BCUT2D eigenvalue weighted by Crippen LogP contribution is 2.35. The van der Waals surface area contributed by atoms with Crippen LogP contribution in [-0.2, 0) is 6.54 Å². The van der Waals surface area contributed by atoms with Crippen molar-refractivity contribution < 1.29 is 0 Å². The molecule has 2 heteroatoms. The molecule has 24 heavy (non-hydrogen) atoms. The highest BCUT2D eigenvalue weighted by molar-refractivity contribution is 5.87. The molecule has 2 nitrogen and oxygen atoms in total. The molecule has 1 saturated heterocycles. The monoisotopic (exact) mass is 318 g/mol. The van der Waals surface area contributed by atoms with Gasteiger partial charge in [-0.2, -0.15) is 0 Å². The van der Waals surface area contributed by atoms with E-state index in [2.05, 4.69) is 78.2 Å². The molecule has 1 aliphatic rings. The summed E-state index contributed by atoms with van der Waals surface area (Å²) in [5, 5.41) is 1.46. The van der Waals surface area contributed by atoms with Crippen molar-refractivity contribution in [1.82, 2.24) is 9.47 Å². The van der Waals surface area contributed by atoms with Gasteiger partial charge in [-0.05, 0) is 62.5 Å². The molecule has 2 aromatic carbocycles. The maximum absolute atomic E-state index is 2.47. The van der Waals surface area contributed by atoms with E-state index < -0.39 is 0 Å². The van der Waals surface area contributed by atoms with Crippen molar-refractivity contribution in [3.05, 3.63) is 71.4 Å². The highest BCUT2D eigenvalue weighted by atomic mass is 15.1. The molecule has 0 radical (unpaired) electrons. The SMILES string of the molecule is Cc1cccc2c(C3CCN(C)CC3)cn(Cc3ccccc3)c12. The van der Waals surface area contributed by atoms with E-state index in [-0.39, 0.29) is 0 Å². The Morgan fingerprint density at radius 3 is 2.46 bits per heavy atom. The molecule has 0 amide bonds. The van der Waals surface area contributed by atoms with Crippen LogP contribution in [0.5, 0.6) is 0 Å². The number of hydrogen-bond acceptors (Lipinski definition) is 1. The van der Waals surface area contributed by atoms with Crippen LogP contribution in [0.2, 0.25) is 0 Å². The molecule has 0 atom stereocenters. The Bertz CT molecular complexity index is 824. The zero-order valence-corrected chi connectivity index (χ0v) is 14.7. The number of hydrogen-bond donors (Lipinski definition) is 0. The van der Waals surface area contributed by atoms with Crippen LogP contribution < -0.4 is 0 Å². The molecule has 4 rings (SSSR count). The maximum Gasteiger partial charge on any atom is 0.0516 e. The van der Waals surface area contributed by atoms with Gasteiger partial charge in [0.2, 0.25) is 0 Å². The minimum atomic E-state index is 0.697. The number of aryl methyl sites for hydroxylation is 1. The third kappa shape index (κ3) is 2.87. The van der Waals surface area contributed by atoms with Gasteiger partial charge in [-0.25, -0.2) is 0 Å². The van der Waals surface area contributed by atoms with Gasteiger partial charge in [0.05, 0.1) is 5.52 Å². The van der Waals surface area contributed by atoms with Crippen LogP contribution >= 0.6 is 0 Å². The topological polar surface area (TPSA) is 8.17 Å². The van der Waals surface area contributed by atoms with Gasteiger partial charge >= 0.3 is 0 Å². The maximum atomic E-state index is 2.47. The van der Waals surface area contributed by atoms with Crippen LogP contribution in [0.1, 0.15) is 35.4 Å². The molecule has 0 unspecified atom stereocenters. The van der Waals surface area contributed by atoms with Gasteiger partial charge in [-0.1, -0.05) is 48.5 Å². The van der Waals surface area contributed by atoms with E-state index in [1.165, 1.54) is 48.0 Å². The Kier molecular flexibility index (Phi) is 4.15. The van der Waals surface area contributed by atoms with E-state index >= 15 is 0 Å². The number of benzene rings is 2. The van der Waals surface area contributed by atoms with Gasteiger partial charge in [0, 0.05) is 18.1 Å². The van der Waals surface area contributed by atoms with Crippen LogP contribution in [0.3, 0.4) is 0 Å². The Hall–Kier alpha value is -2.06. The molecule has 3 aromatic rings. The van der Waals surface area contributed by atoms with Crippen molar-refractivity contribution >= 4 is 10.9 Å². The smallest absolute Gasteiger partial charge is 0.0516 e. The number of aromatic nitrogens is 1. The van der Waals surface area contributed by atoms with Crippen molar-refractivity contribution in [2.75, 3.05) is 20.1 Å². The van der Waals surface area contributed by atoms with Gasteiger partial charge < -0.3 is 9.47 Å². The largest absolute Gasteiger partial charge is 0.343 e. The summed E-state index contributed by atoms with van der Waals surface area (Å²) in [6.45, 7) is 5.61. The first-order chi connectivity index (χ1) is 11.7. The second-order valence-corrected chi connectivity index (χ2v) is 7.25. The predicted octanol–water partition coefficient (Wildman–Crippen LogP) is 4.81. The van der Waals surface area contributed by atoms with Crippen molar-refractivity contribution in [3.63, 3.8) is 0 Å². The van der Waals surface area contributed by atoms with E-state index in [4.69, 9.17) is 0 Å². The summed E-state index contributed by atoms with van der Waals surface area (Å²) in [6, 6.07) is 17.6. The van der Waals surface area contributed by atoms with Crippen LogP contribution in [0, 0.1) is 6.92 Å². The Morgan fingerprint density at radius 1 is 0.958 bits per heavy atom. The van der Waals surface area contributed by atoms with E-state index in [1.54, 1.807) is 5.56 Å². The zero-order chi connectivity index (χ0) is 16.5. The van der Waals surface area contributed by atoms with Crippen LogP contribution in [0.4, 0.5) is 0 Å². The summed E-state index contributed by atoms with van der Waals surface area (Å²) < 4.78 is 2.47. The third-order valence-electron chi connectivity index (χ3n) is 5.49. The predicted molar refractivity (Wildman–Crippen MR) is 102 cm³/mol. The first-order valence-corrected chi connectivity index (χ1v) is 9.03. The number of piperidine rings is 1. The Morgan fingerprint density at radius 2 is 1.71 bits per heavy atom. The third-order valence-corrected chi connectivity index (χ3v) is 5.49. The van der Waals surface area contributed by atoms with Crippen LogP contribution in [0.15, 0.2) is 54.7 Å². The molecule has 0 saturated carbocycles. The van der Waals surface area contributed by atoms with Crippen LogP contribution in [-0.4, -0.2) is 29.6 Å². The summed E-state index contributed by atoms with van der Waals surface area (Å²) in [7, 11) is 2.24. The fourth-order valence-electron chi connectivity index (χ4n) is 4.12. The first-order valence-electron chi connectivity index (χ1n) is 9.03. The lowest BCUT2D eigenvalue weighted by molar-refractivity contribution is 0.256. The molecular formula is C22H26N2. The minimum absolute atomic E-state index is 0.697. The summed E-state index contributed by atoms with van der Waals surface area (Å²) in [5.41, 5.74) is 5.71. The second-order valence-electron chi connectivity index (χ2n) is 7.25. The lowest BCUT2D eigenvalue weighted by Crippen LogP contribution is -2.29. The number of rotatable bonds is 3. The number of likely N-dealkylation sites (tertiary alicyclic amines) is 1. The van der Waals surface area contributed by atoms with Gasteiger partial charge in [0.1, 0.15) is 0 Å². The first kappa shape index (κ1) is 15.5. The Balaban J connectivity index is 1.76. The molecule has 0 spiro atoms. The van der Waals surface area contributed by atoms with Crippen molar-refractivity contribution in [1.29, 1.82) is 0 Å². The van der Waals surface area contributed by atoms with Crippen molar-refractivity contribution in [3.8, 4) is 0 Å². The average molecular weight is 318 g/mol. The fraction of sp³-hybridized carbons (Fsp3) is 0.364. The Labute approximate surface area is 144 Å². The highest BCUT2D eigenvalue weighted by Gasteiger charge is 2.22. The van der Waals surface area contributed by atoms with Crippen molar-refractivity contribution in [2.45, 2.75) is 32.2 Å². The zero-order valence-electron chi connectivity index (χ0n) is 14.7. The lowest BCUT2D eigenvalue weighted by atomic mass is 9.89. The van der Waals surface area contributed by atoms with Gasteiger partial charge in [0.15, 0.2) is 0 Å². The van der Waals surface area contributed by atoms with Crippen LogP contribution in [0.25, 0.3) is 10.9 Å².